The van der Waals surface area contributed by atoms with E-state index in [1.165, 1.54) is 30.6 Å². The molecule has 2 rings (SSSR count). The lowest BCUT2D eigenvalue weighted by atomic mass is 9.98. The molecule has 0 aromatic heterocycles. The van der Waals surface area contributed by atoms with Crippen LogP contribution in [0, 0.1) is 6.92 Å². The van der Waals surface area contributed by atoms with E-state index in [4.69, 9.17) is 0 Å². The summed E-state index contributed by atoms with van der Waals surface area (Å²) >= 11 is 3.50. The lowest BCUT2D eigenvalue weighted by Crippen LogP contribution is -2.42. The first-order valence-corrected chi connectivity index (χ1v) is 7.08. The molecular formula is C14H21BrN2. The third-order valence-electron chi connectivity index (χ3n) is 3.76. The first-order chi connectivity index (χ1) is 8.06. The van der Waals surface area contributed by atoms with Gasteiger partial charge in [0.2, 0.25) is 0 Å². The predicted octanol–water partition coefficient (Wildman–Crippen LogP) is 3.65. The number of rotatable bonds is 2. The second-order valence-electron chi connectivity index (χ2n) is 5.15. The Morgan fingerprint density at radius 3 is 2.82 bits per heavy atom. The van der Waals surface area contributed by atoms with Crippen molar-refractivity contribution in [3.8, 4) is 0 Å². The number of piperidine rings is 1. The number of likely N-dealkylation sites (tertiary alicyclic amines) is 1. The highest BCUT2D eigenvalue weighted by molar-refractivity contribution is 9.10. The number of nitrogens with one attached hydrogen (secondary N) is 1. The van der Waals surface area contributed by atoms with Crippen molar-refractivity contribution in [1.29, 1.82) is 0 Å². The third kappa shape index (κ3) is 3.23. The van der Waals surface area contributed by atoms with Crippen LogP contribution in [0.1, 0.15) is 25.3 Å². The van der Waals surface area contributed by atoms with Crippen molar-refractivity contribution in [1.82, 2.24) is 4.90 Å². The van der Waals surface area contributed by atoms with E-state index < -0.39 is 0 Å². The number of benzene rings is 1. The van der Waals surface area contributed by atoms with Crippen LogP contribution < -0.4 is 5.32 Å². The molecule has 1 fully saturated rings. The van der Waals surface area contributed by atoms with E-state index in [0.29, 0.717) is 12.1 Å². The molecule has 0 radical (unpaired) electrons. The fourth-order valence-electron chi connectivity index (χ4n) is 2.43. The predicted molar refractivity (Wildman–Crippen MR) is 77.6 cm³/mol. The van der Waals surface area contributed by atoms with Crippen LogP contribution in [0.3, 0.4) is 0 Å². The first-order valence-electron chi connectivity index (χ1n) is 6.29. The van der Waals surface area contributed by atoms with Crippen LogP contribution in [0.4, 0.5) is 5.69 Å². The maximum atomic E-state index is 3.68. The Labute approximate surface area is 113 Å². The van der Waals surface area contributed by atoms with E-state index >= 15 is 0 Å². The van der Waals surface area contributed by atoms with E-state index in [0.717, 1.165) is 4.47 Å². The molecule has 0 amide bonds. The van der Waals surface area contributed by atoms with Gasteiger partial charge in [0, 0.05) is 28.8 Å². The summed E-state index contributed by atoms with van der Waals surface area (Å²) in [5, 5.41) is 3.68. The van der Waals surface area contributed by atoms with Gasteiger partial charge in [-0.2, -0.15) is 0 Å². The fraction of sp³-hybridized carbons (Fsp3) is 0.571. The number of hydrogen-bond donors (Lipinski definition) is 1. The Kier molecular flexibility index (Phi) is 4.10. The Balaban J connectivity index is 2.01. The molecule has 1 aliphatic heterocycles. The molecule has 17 heavy (non-hydrogen) atoms. The summed E-state index contributed by atoms with van der Waals surface area (Å²) in [6, 6.07) is 7.73. The first kappa shape index (κ1) is 12.9. The molecule has 0 bridgehead atoms. The Hall–Kier alpha value is -0.540. The minimum absolute atomic E-state index is 0.612. The molecule has 0 spiro atoms. The fourth-order valence-corrected chi connectivity index (χ4v) is 2.90. The van der Waals surface area contributed by atoms with E-state index in [1.54, 1.807) is 0 Å². The summed E-state index contributed by atoms with van der Waals surface area (Å²) < 4.78 is 1.15. The van der Waals surface area contributed by atoms with Gasteiger partial charge in [-0.25, -0.2) is 0 Å². The zero-order valence-electron chi connectivity index (χ0n) is 10.8. The van der Waals surface area contributed by atoms with E-state index in [2.05, 4.69) is 65.2 Å². The zero-order chi connectivity index (χ0) is 12.4. The van der Waals surface area contributed by atoms with Crippen molar-refractivity contribution in [3.05, 3.63) is 28.2 Å². The molecule has 2 atom stereocenters. The Morgan fingerprint density at radius 2 is 2.18 bits per heavy atom. The van der Waals surface area contributed by atoms with Crippen molar-refractivity contribution >= 4 is 21.6 Å². The minimum atomic E-state index is 0.612. The zero-order valence-corrected chi connectivity index (χ0v) is 12.4. The molecule has 1 aliphatic rings. The van der Waals surface area contributed by atoms with Crippen molar-refractivity contribution in [2.45, 2.75) is 38.8 Å². The molecule has 3 heteroatoms. The second kappa shape index (κ2) is 5.40. The third-order valence-corrected chi connectivity index (χ3v) is 4.25. The van der Waals surface area contributed by atoms with Crippen LogP contribution >= 0.6 is 15.9 Å². The van der Waals surface area contributed by atoms with Gasteiger partial charge in [0.25, 0.3) is 0 Å². The van der Waals surface area contributed by atoms with Crippen LogP contribution in [-0.4, -0.2) is 30.6 Å². The monoisotopic (exact) mass is 296 g/mol. The van der Waals surface area contributed by atoms with Crippen molar-refractivity contribution in [3.63, 3.8) is 0 Å². The number of aryl methyl sites for hydroxylation is 1. The highest BCUT2D eigenvalue weighted by atomic mass is 79.9. The molecule has 1 saturated heterocycles. The summed E-state index contributed by atoms with van der Waals surface area (Å²) in [7, 11) is 2.21. The van der Waals surface area contributed by atoms with E-state index in [-0.39, 0.29) is 0 Å². The summed E-state index contributed by atoms with van der Waals surface area (Å²) in [5.74, 6) is 0. The molecule has 0 saturated carbocycles. The van der Waals surface area contributed by atoms with Crippen molar-refractivity contribution in [2.75, 3.05) is 18.9 Å². The van der Waals surface area contributed by atoms with Gasteiger partial charge in [-0.3, -0.25) is 0 Å². The number of halogens is 1. The number of hydrogen-bond acceptors (Lipinski definition) is 2. The van der Waals surface area contributed by atoms with Gasteiger partial charge < -0.3 is 10.2 Å². The summed E-state index contributed by atoms with van der Waals surface area (Å²) in [5.41, 5.74) is 2.58. The van der Waals surface area contributed by atoms with Crippen molar-refractivity contribution < 1.29 is 0 Å². The maximum Gasteiger partial charge on any atom is 0.0372 e. The van der Waals surface area contributed by atoms with Gasteiger partial charge in [-0.1, -0.05) is 15.9 Å². The van der Waals surface area contributed by atoms with Crippen LogP contribution in [0.2, 0.25) is 0 Å². The molecule has 1 N–H and O–H groups in total. The molecule has 1 heterocycles. The van der Waals surface area contributed by atoms with Gasteiger partial charge in [-0.05, 0) is 57.5 Å². The smallest absolute Gasteiger partial charge is 0.0372 e. The van der Waals surface area contributed by atoms with Crippen LogP contribution in [-0.2, 0) is 0 Å². The average molecular weight is 297 g/mol. The number of anilines is 1. The minimum Gasteiger partial charge on any atom is -0.382 e. The van der Waals surface area contributed by atoms with Gasteiger partial charge in [0.1, 0.15) is 0 Å². The SMILES string of the molecule is Cc1cc(Br)ccc1NC1CCN(C)C(C)C1. The maximum absolute atomic E-state index is 3.68. The Bertz CT molecular complexity index is 392. The molecule has 94 valence electrons. The molecule has 1 aromatic carbocycles. The van der Waals surface area contributed by atoms with Gasteiger partial charge in [0.05, 0.1) is 0 Å². The van der Waals surface area contributed by atoms with Crippen LogP contribution in [0.25, 0.3) is 0 Å². The molecule has 2 nitrogen and oxygen atoms in total. The average Bonchev–Trinajstić information content (AvgIpc) is 2.27. The van der Waals surface area contributed by atoms with Crippen molar-refractivity contribution in [2.24, 2.45) is 0 Å². The normalized spacial score (nSPS) is 25.9. The van der Waals surface area contributed by atoms with Crippen LogP contribution in [0.5, 0.6) is 0 Å². The van der Waals surface area contributed by atoms with Gasteiger partial charge >= 0.3 is 0 Å². The van der Waals surface area contributed by atoms with Gasteiger partial charge in [-0.15, -0.1) is 0 Å². The quantitative estimate of drug-likeness (QED) is 0.896. The molecular weight excluding hydrogens is 276 g/mol. The van der Waals surface area contributed by atoms with Crippen LogP contribution in [0.15, 0.2) is 22.7 Å². The standard InChI is InChI=1S/C14H21BrN2/c1-10-8-12(15)4-5-14(10)16-13-6-7-17(3)11(2)9-13/h4-5,8,11,13,16H,6-7,9H2,1-3H3. The highest BCUT2D eigenvalue weighted by Gasteiger charge is 2.22. The second-order valence-corrected chi connectivity index (χ2v) is 6.07. The summed E-state index contributed by atoms with van der Waals surface area (Å²) in [6.45, 7) is 5.65. The highest BCUT2D eigenvalue weighted by Crippen LogP contribution is 2.24. The molecule has 0 aliphatic carbocycles. The van der Waals surface area contributed by atoms with E-state index in [1.807, 2.05) is 0 Å². The van der Waals surface area contributed by atoms with Gasteiger partial charge in [0.15, 0.2) is 0 Å². The number of nitrogens with zero attached hydrogens (tertiary/aromatic N) is 1. The Morgan fingerprint density at radius 1 is 1.41 bits per heavy atom. The molecule has 1 aromatic rings. The topological polar surface area (TPSA) is 15.3 Å². The van der Waals surface area contributed by atoms with E-state index in [9.17, 15) is 0 Å². The lowest BCUT2D eigenvalue weighted by molar-refractivity contribution is 0.190. The largest absolute Gasteiger partial charge is 0.382 e. The summed E-state index contributed by atoms with van der Waals surface area (Å²) in [6.07, 6.45) is 2.46. The summed E-state index contributed by atoms with van der Waals surface area (Å²) in [4.78, 5) is 2.44. The lowest BCUT2D eigenvalue weighted by Gasteiger charge is -2.36. The molecule has 2 unspecified atom stereocenters.